The zero-order valence-corrected chi connectivity index (χ0v) is 8.03. The topological polar surface area (TPSA) is 38.0 Å². The van der Waals surface area contributed by atoms with Gasteiger partial charge in [0.2, 0.25) is 0 Å². The molecule has 2 fully saturated rings. The molecule has 2 heteroatoms. The summed E-state index contributed by atoms with van der Waals surface area (Å²) in [5.41, 5.74) is 6.87. The van der Waals surface area contributed by atoms with E-state index < -0.39 is 0 Å². The van der Waals surface area contributed by atoms with Crippen LogP contribution >= 0.6 is 0 Å². The fraction of sp³-hybridized carbons (Fsp3) is 1.00. The molecule has 0 heterocycles. The lowest BCUT2D eigenvalue weighted by Crippen LogP contribution is -2.54. The largest absolute Gasteiger partial charge is 0.324 e. The van der Waals surface area contributed by atoms with E-state index in [2.05, 4.69) is 12.2 Å². The normalized spacial score (nSPS) is 29.5. The van der Waals surface area contributed by atoms with Gasteiger partial charge in [-0.2, -0.15) is 0 Å². The minimum Gasteiger partial charge on any atom is -0.324 e. The van der Waals surface area contributed by atoms with Crippen molar-refractivity contribution in [2.75, 3.05) is 13.1 Å². The molecular formula is C10H20N2. The van der Waals surface area contributed by atoms with Crippen molar-refractivity contribution in [3.05, 3.63) is 0 Å². The van der Waals surface area contributed by atoms with Crippen molar-refractivity contribution in [1.82, 2.24) is 5.32 Å². The molecule has 0 spiro atoms. The molecule has 0 aromatic heterocycles. The molecule has 12 heavy (non-hydrogen) atoms. The Morgan fingerprint density at radius 1 is 1.17 bits per heavy atom. The average molecular weight is 168 g/mol. The van der Waals surface area contributed by atoms with Gasteiger partial charge >= 0.3 is 0 Å². The second-order valence-corrected chi connectivity index (χ2v) is 5.13. The second kappa shape index (κ2) is 2.71. The Morgan fingerprint density at radius 3 is 2.25 bits per heavy atom. The van der Waals surface area contributed by atoms with Gasteiger partial charge in [0.25, 0.3) is 0 Å². The van der Waals surface area contributed by atoms with Crippen LogP contribution in [0.1, 0.15) is 39.0 Å². The van der Waals surface area contributed by atoms with Gasteiger partial charge < -0.3 is 11.1 Å². The standard InChI is InChI=1S/C10H20N2/c1-9(5-6-9)7-12-8-10(11)3-2-4-10/h12H,2-8,11H2,1H3. The summed E-state index contributed by atoms with van der Waals surface area (Å²) >= 11 is 0. The summed E-state index contributed by atoms with van der Waals surface area (Å²) in [6, 6.07) is 0. The SMILES string of the molecule is CC1(CNCC2(N)CCC2)CC1. The molecule has 2 nitrogen and oxygen atoms in total. The smallest absolute Gasteiger partial charge is 0.0280 e. The summed E-state index contributed by atoms with van der Waals surface area (Å²) in [6.07, 6.45) is 6.57. The van der Waals surface area contributed by atoms with E-state index in [9.17, 15) is 0 Å². The first-order valence-electron chi connectivity index (χ1n) is 5.12. The Labute approximate surface area is 74.9 Å². The second-order valence-electron chi connectivity index (χ2n) is 5.13. The van der Waals surface area contributed by atoms with E-state index in [4.69, 9.17) is 5.73 Å². The van der Waals surface area contributed by atoms with Crippen molar-refractivity contribution in [3.63, 3.8) is 0 Å². The van der Waals surface area contributed by atoms with Gasteiger partial charge in [0.05, 0.1) is 0 Å². The first-order chi connectivity index (χ1) is 5.62. The molecule has 0 radical (unpaired) electrons. The predicted molar refractivity (Wildman–Crippen MR) is 51.0 cm³/mol. The van der Waals surface area contributed by atoms with Crippen LogP contribution in [0, 0.1) is 5.41 Å². The monoisotopic (exact) mass is 168 g/mol. The molecule has 0 aromatic rings. The number of nitrogens with one attached hydrogen (secondary N) is 1. The highest BCUT2D eigenvalue weighted by molar-refractivity contribution is 4.96. The third kappa shape index (κ3) is 1.80. The third-order valence-corrected chi connectivity index (χ3v) is 3.48. The zero-order chi connectivity index (χ0) is 8.66. The Hall–Kier alpha value is -0.0800. The van der Waals surface area contributed by atoms with Gasteiger partial charge in [-0.1, -0.05) is 6.92 Å². The molecule has 2 aliphatic carbocycles. The Kier molecular flexibility index (Phi) is 1.92. The van der Waals surface area contributed by atoms with Crippen LogP contribution in [0.2, 0.25) is 0 Å². The molecule has 0 saturated heterocycles. The molecule has 0 atom stereocenters. The molecule has 3 N–H and O–H groups in total. The van der Waals surface area contributed by atoms with Crippen molar-refractivity contribution in [2.45, 2.75) is 44.6 Å². The van der Waals surface area contributed by atoms with E-state index in [1.807, 2.05) is 0 Å². The quantitative estimate of drug-likeness (QED) is 0.663. The van der Waals surface area contributed by atoms with Gasteiger partial charge in [0, 0.05) is 18.6 Å². The number of nitrogens with two attached hydrogens (primary N) is 1. The molecule has 0 aliphatic heterocycles. The maximum absolute atomic E-state index is 6.09. The molecular weight excluding hydrogens is 148 g/mol. The first kappa shape index (κ1) is 8.52. The van der Waals surface area contributed by atoms with Crippen molar-refractivity contribution in [2.24, 2.45) is 11.1 Å². The summed E-state index contributed by atoms with van der Waals surface area (Å²) in [5.74, 6) is 0. The highest BCUT2D eigenvalue weighted by atomic mass is 15.0. The summed E-state index contributed by atoms with van der Waals surface area (Å²) in [7, 11) is 0. The van der Waals surface area contributed by atoms with E-state index in [-0.39, 0.29) is 5.54 Å². The first-order valence-corrected chi connectivity index (χ1v) is 5.12. The minimum atomic E-state index is 0.158. The van der Waals surface area contributed by atoms with E-state index >= 15 is 0 Å². The van der Waals surface area contributed by atoms with E-state index in [0.29, 0.717) is 5.41 Å². The molecule has 2 aliphatic rings. The highest BCUT2D eigenvalue weighted by Crippen LogP contribution is 2.44. The fourth-order valence-corrected chi connectivity index (χ4v) is 1.81. The van der Waals surface area contributed by atoms with E-state index in [1.54, 1.807) is 0 Å². The van der Waals surface area contributed by atoms with Crippen molar-refractivity contribution < 1.29 is 0 Å². The maximum atomic E-state index is 6.09. The maximum Gasteiger partial charge on any atom is 0.0280 e. The molecule has 0 unspecified atom stereocenters. The van der Waals surface area contributed by atoms with Crippen molar-refractivity contribution >= 4 is 0 Å². The van der Waals surface area contributed by atoms with Crippen LogP contribution in [-0.2, 0) is 0 Å². The van der Waals surface area contributed by atoms with Crippen LogP contribution in [-0.4, -0.2) is 18.6 Å². The Bertz CT molecular complexity index is 169. The van der Waals surface area contributed by atoms with E-state index in [0.717, 1.165) is 6.54 Å². The molecule has 0 aromatic carbocycles. The highest BCUT2D eigenvalue weighted by Gasteiger charge is 2.38. The zero-order valence-electron chi connectivity index (χ0n) is 8.03. The van der Waals surface area contributed by atoms with Crippen LogP contribution in [0.3, 0.4) is 0 Å². The lowest BCUT2D eigenvalue weighted by atomic mass is 9.78. The van der Waals surface area contributed by atoms with Crippen LogP contribution in [0.5, 0.6) is 0 Å². The van der Waals surface area contributed by atoms with Crippen LogP contribution in [0.15, 0.2) is 0 Å². The average Bonchev–Trinajstić information content (AvgIpc) is 2.65. The molecule has 70 valence electrons. The summed E-state index contributed by atoms with van der Waals surface area (Å²) in [6.45, 7) is 4.55. The molecule has 0 bridgehead atoms. The van der Waals surface area contributed by atoms with Crippen LogP contribution in [0.4, 0.5) is 0 Å². The molecule has 0 amide bonds. The number of rotatable bonds is 4. The van der Waals surface area contributed by atoms with Gasteiger partial charge in [0.15, 0.2) is 0 Å². The Morgan fingerprint density at radius 2 is 1.83 bits per heavy atom. The summed E-state index contributed by atoms with van der Waals surface area (Å²) in [5, 5.41) is 3.51. The lowest BCUT2D eigenvalue weighted by molar-refractivity contribution is 0.235. The van der Waals surface area contributed by atoms with Gasteiger partial charge in [0.1, 0.15) is 0 Å². The summed E-state index contributed by atoms with van der Waals surface area (Å²) < 4.78 is 0. The van der Waals surface area contributed by atoms with Crippen molar-refractivity contribution in [1.29, 1.82) is 0 Å². The lowest BCUT2D eigenvalue weighted by Gasteiger charge is -2.38. The fourth-order valence-electron chi connectivity index (χ4n) is 1.81. The van der Waals surface area contributed by atoms with Gasteiger partial charge in [-0.25, -0.2) is 0 Å². The number of hydrogen-bond acceptors (Lipinski definition) is 2. The van der Waals surface area contributed by atoms with Crippen LogP contribution < -0.4 is 11.1 Å². The third-order valence-electron chi connectivity index (χ3n) is 3.48. The molecule has 2 saturated carbocycles. The van der Waals surface area contributed by atoms with Gasteiger partial charge in [-0.15, -0.1) is 0 Å². The predicted octanol–water partition coefficient (Wildman–Crippen LogP) is 1.26. The minimum absolute atomic E-state index is 0.158. The van der Waals surface area contributed by atoms with Crippen molar-refractivity contribution in [3.8, 4) is 0 Å². The Balaban J connectivity index is 1.62. The van der Waals surface area contributed by atoms with E-state index in [1.165, 1.54) is 38.6 Å². The van der Waals surface area contributed by atoms with Gasteiger partial charge in [-0.05, 0) is 37.5 Å². The summed E-state index contributed by atoms with van der Waals surface area (Å²) in [4.78, 5) is 0. The molecule has 2 rings (SSSR count). The van der Waals surface area contributed by atoms with Crippen LogP contribution in [0.25, 0.3) is 0 Å². The van der Waals surface area contributed by atoms with Gasteiger partial charge in [-0.3, -0.25) is 0 Å². The number of hydrogen-bond donors (Lipinski definition) is 2.